The van der Waals surface area contributed by atoms with Crippen LogP contribution in [-0.2, 0) is 21.4 Å². The van der Waals surface area contributed by atoms with Crippen LogP contribution in [0.1, 0.15) is 38.2 Å². The van der Waals surface area contributed by atoms with E-state index < -0.39 is 10.0 Å². The standard InChI is InChI=1S/C20H25N3O3S2/c1-2-3-5-10-19(24)23-20(27)22-17-11-13-18(14-12-17)28(25,26)21-15-16-8-6-4-7-9-16/h4,6-9,11-14,21H,2-3,5,10,15H2,1H3,(H2,22,23,24,27). The number of carbonyl (C=O) groups excluding carboxylic acids is 1. The van der Waals surface area contributed by atoms with Gasteiger partial charge < -0.3 is 10.6 Å². The molecule has 1 amide bonds. The molecule has 2 rings (SSSR count). The van der Waals surface area contributed by atoms with Gasteiger partial charge in [-0.3, -0.25) is 4.79 Å². The van der Waals surface area contributed by atoms with Crippen LogP contribution in [0.4, 0.5) is 5.69 Å². The summed E-state index contributed by atoms with van der Waals surface area (Å²) >= 11 is 5.12. The van der Waals surface area contributed by atoms with Crippen molar-refractivity contribution in [3.05, 3.63) is 60.2 Å². The Bertz CT molecular complexity index is 883. The summed E-state index contributed by atoms with van der Waals surface area (Å²) in [5, 5.41) is 5.70. The smallest absolute Gasteiger partial charge is 0.240 e. The summed E-state index contributed by atoms with van der Waals surface area (Å²) < 4.78 is 27.4. The number of rotatable bonds is 9. The molecule has 0 aromatic heterocycles. The highest BCUT2D eigenvalue weighted by Gasteiger charge is 2.13. The fourth-order valence-corrected chi connectivity index (χ4v) is 3.71. The number of anilines is 1. The zero-order valence-corrected chi connectivity index (χ0v) is 17.4. The van der Waals surface area contributed by atoms with Gasteiger partial charge in [0.15, 0.2) is 5.11 Å². The summed E-state index contributed by atoms with van der Waals surface area (Å²) in [6, 6.07) is 15.5. The van der Waals surface area contributed by atoms with E-state index in [-0.39, 0.29) is 22.5 Å². The van der Waals surface area contributed by atoms with E-state index in [1.807, 2.05) is 30.3 Å². The van der Waals surface area contributed by atoms with E-state index in [0.29, 0.717) is 12.1 Å². The average Bonchev–Trinajstić information content (AvgIpc) is 2.68. The van der Waals surface area contributed by atoms with Crippen LogP contribution in [0.25, 0.3) is 0 Å². The lowest BCUT2D eigenvalue weighted by Crippen LogP contribution is -2.33. The van der Waals surface area contributed by atoms with Gasteiger partial charge in [0.2, 0.25) is 15.9 Å². The van der Waals surface area contributed by atoms with Gasteiger partial charge >= 0.3 is 0 Å². The lowest BCUT2D eigenvalue weighted by atomic mass is 10.2. The first-order chi connectivity index (χ1) is 13.4. The molecule has 0 atom stereocenters. The third-order valence-electron chi connectivity index (χ3n) is 3.99. The van der Waals surface area contributed by atoms with Gasteiger partial charge in [-0.15, -0.1) is 0 Å². The molecule has 0 saturated carbocycles. The molecule has 0 aliphatic carbocycles. The van der Waals surface area contributed by atoms with E-state index in [2.05, 4.69) is 22.3 Å². The molecule has 0 bridgehead atoms. The maximum absolute atomic E-state index is 12.4. The molecule has 0 aliphatic rings. The second-order valence-electron chi connectivity index (χ2n) is 6.29. The number of sulfonamides is 1. The highest BCUT2D eigenvalue weighted by molar-refractivity contribution is 7.89. The Balaban J connectivity index is 1.88. The van der Waals surface area contributed by atoms with E-state index in [4.69, 9.17) is 12.2 Å². The third kappa shape index (κ3) is 7.38. The summed E-state index contributed by atoms with van der Waals surface area (Å²) in [7, 11) is -3.62. The Kier molecular flexibility index (Phi) is 8.56. The van der Waals surface area contributed by atoms with Crippen LogP contribution in [0.3, 0.4) is 0 Å². The number of benzene rings is 2. The molecule has 6 nitrogen and oxygen atoms in total. The molecule has 28 heavy (non-hydrogen) atoms. The molecule has 0 heterocycles. The first-order valence-electron chi connectivity index (χ1n) is 9.15. The molecule has 0 radical (unpaired) electrons. The maximum Gasteiger partial charge on any atom is 0.240 e. The maximum atomic E-state index is 12.4. The molecule has 2 aromatic carbocycles. The fraction of sp³-hybridized carbons (Fsp3) is 0.300. The van der Waals surface area contributed by atoms with Crippen molar-refractivity contribution in [2.45, 2.75) is 44.0 Å². The molecule has 0 saturated heterocycles. The Morgan fingerprint density at radius 1 is 1.00 bits per heavy atom. The fourth-order valence-electron chi connectivity index (χ4n) is 2.46. The lowest BCUT2D eigenvalue weighted by molar-refractivity contribution is -0.119. The Labute approximate surface area is 171 Å². The summed E-state index contributed by atoms with van der Waals surface area (Å²) in [5.74, 6) is -0.129. The van der Waals surface area contributed by atoms with Crippen molar-refractivity contribution in [3.63, 3.8) is 0 Å². The van der Waals surface area contributed by atoms with Crippen molar-refractivity contribution in [1.82, 2.24) is 10.0 Å². The predicted molar refractivity (Wildman–Crippen MR) is 115 cm³/mol. The van der Waals surface area contributed by atoms with E-state index in [0.717, 1.165) is 24.8 Å². The van der Waals surface area contributed by atoms with Crippen molar-refractivity contribution in [3.8, 4) is 0 Å². The minimum absolute atomic E-state index is 0.129. The van der Waals surface area contributed by atoms with E-state index >= 15 is 0 Å². The predicted octanol–water partition coefficient (Wildman–Crippen LogP) is 3.56. The molecule has 0 unspecified atom stereocenters. The summed E-state index contributed by atoms with van der Waals surface area (Å²) in [5.41, 5.74) is 1.48. The number of hydrogen-bond acceptors (Lipinski definition) is 4. The number of nitrogens with one attached hydrogen (secondary N) is 3. The highest BCUT2D eigenvalue weighted by Crippen LogP contribution is 2.14. The van der Waals surface area contributed by atoms with Crippen molar-refractivity contribution >= 4 is 38.9 Å². The summed E-state index contributed by atoms with van der Waals surface area (Å²) in [6.07, 6.45) is 3.31. The topological polar surface area (TPSA) is 87.3 Å². The summed E-state index contributed by atoms with van der Waals surface area (Å²) in [6.45, 7) is 2.29. The van der Waals surface area contributed by atoms with Gasteiger partial charge in [0, 0.05) is 18.7 Å². The van der Waals surface area contributed by atoms with Gasteiger partial charge in [0.25, 0.3) is 0 Å². The van der Waals surface area contributed by atoms with Crippen molar-refractivity contribution in [2.24, 2.45) is 0 Å². The third-order valence-corrected chi connectivity index (χ3v) is 5.61. The Hall–Kier alpha value is -2.29. The molecule has 8 heteroatoms. The monoisotopic (exact) mass is 419 g/mol. The van der Waals surface area contributed by atoms with Gasteiger partial charge in [-0.05, 0) is 48.5 Å². The molecular weight excluding hydrogens is 394 g/mol. The van der Waals surface area contributed by atoms with Crippen molar-refractivity contribution < 1.29 is 13.2 Å². The zero-order valence-electron chi connectivity index (χ0n) is 15.8. The minimum Gasteiger partial charge on any atom is -0.332 e. The summed E-state index contributed by atoms with van der Waals surface area (Å²) in [4.78, 5) is 11.9. The van der Waals surface area contributed by atoms with Gasteiger partial charge in [0.1, 0.15) is 0 Å². The second-order valence-corrected chi connectivity index (χ2v) is 8.47. The number of hydrogen-bond donors (Lipinski definition) is 3. The number of amides is 1. The quantitative estimate of drug-likeness (QED) is 0.427. The van der Waals surface area contributed by atoms with Crippen LogP contribution in [0.5, 0.6) is 0 Å². The van der Waals surface area contributed by atoms with Crippen LogP contribution in [0, 0.1) is 0 Å². The normalized spacial score (nSPS) is 11.0. The van der Waals surface area contributed by atoms with Gasteiger partial charge in [-0.2, -0.15) is 0 Å². The SMILES string of the molecule is CCCCCC(=O)NC(=S)Nc1ccc(S(=O)(=O)NCc2ccccc2)cc1. The first kappa shape index (κ1) is 22.0. The largest absolute Gasteiger partial charge is 0.332 e. The van der Waals surface area contributed by atoms with Crippen LogP contribution in [0.2, 0.25) is 0 Å². The zero-order chi connectivity index (χ0) is 20.4. The molecule has 2 aromatic rings. The Morgan fingerprint density at radius 2 is 1.68 bits per heavy atom. The Morgan fingerprint density at radius 3 is 2.32 bits per heavy atom. The number of unbranched alkanes of at least 4 members (excludes halogenated alkanes) is 2. The van der Waals surface area contributed by atoms with Gasteiger partial charge in [0.05, 0.1) is 4.90 Å². The average molecular weight is 420 g/mol. The minimum atomic E-state index is -3.62. The molecule has 0 fully saturated rings. The first-order valence-corrected chi connectivity index (χ1v) is 11.0. The van der Waals surface area contributed by atoms with E-state index in [9.17, 15) is 13.2 Å². The molecule has 0 spiro atoms. The molecule has 3 N–H and O–H groups in total. The van der Waals surface area contributed by atoms with Gasteiger partial charge in [-0.1, -0.05) is 50.1 Å². The molecule has 150 valence electrons. The van der Waals surface area contributed by atoms with Crippen LogP contribution in [-0.4, -0.2) is 19.4 Å². The van der Waals surface area contributed by atoms with Crippen LogP contribution >= 0.6 is 12.2 Å². The highest BCUT2D eigenvalue weighted by atomic mass is 32.2. The van der Waals surface area contributed by atoms with Gasteiger partial charge in [-0.25, -0.2) is 13.1 Å². The van der Waals surface area contributed by atoms with E-state index in [1.165, 1.54) is 12.1 Å². The lowest BCUT2D eigenvalue weighted by Gasteiger charge is -2.11. The van der Waals surface area contributed by atoms with Crippen LogP contribution in [0.15, 0.2) is 59.5 Å². The van der Waals surface area contributed by atoms with E-state index in [1.54, 1.807) is 12.1 Å². The van der Waals surface area contributed by atoms with Crippen molar-refractivity contribution in [2.75, 3.05) is 5.32 Å². The number of thiocarbonyl (C=S) groups is 1. The van der Waals surface area contributed by atoms with Crippen LogP contribution < -0.4 is 15.4 Å². The van der Waals surface area contributed by atoms with Crippen molar-refractivity contribution in [1.29, 1.82) is 0 Å². The second kappa shape index (κ2) is 10.9. The molecule has 0 aliphatic heterocycles. The molecular formula is C20H25N3O3S2. The number of carbonyl (C=O) groups is 1.